The van der Waals surface area contributed by atoms with Gasteiger partial charge in [0, 0.05) is 17.1 Å². The van der Waals surface area contributed by atoms with E-state index in [-0.39, 0.29) is 5.75 Å². The van der Waals surface area contributed by atoms with Crippen LogP contribution >= 0.6 is 15.9 Å². The van der Waals surface area contributed by atoms with Gasteiger partial charge in [0.25, 0.3) is 0 Å². The number of rotatable bonds is 2. The summed E-state index contributed by atoms with van der Waals surface area (Å²) in [4.78, 5) is 0. The van der Waals surface area contributed by atoms with Crippen molar-refractivity contribution < 1.29 is 9.13 Å². The number of benzene rings is 1. The van der Waals surface area contributed by atoms with Gasteiger partial charge in [0.05, 0.1) is 6.20 Å². The standard InChI is InChI=1S/C11H10BrFN2O/c1-7-6-14-15(2)11(7)16-10-4-3-8(12)5-9(10)13/h3-6H,1-2H3. The molecule has 0 atom stereocenters. The molecular weight excluding hydrogens is 275 g/mol. The molecule has 0 saturated heterocycles. The van der Waals surface area contributed by atoms with Crippen molar-refractivity contribution >= 4 is 15.9 Å². The van der Waals surface area contributed by atoms with Crippen LogP contribution in [0.5, 0.6) is 11.6 Å². The molecule has 16 heavy (non-hydrogen) atoms. The smallest absolute Gasteiger partial charge is 0.220 e. The first-order valence-corrected chi connectivity index (χ1v) is 5.48. The van der Waals surface area contributed by atoms with Gasteiger partial charge in [0.2, 0.25) is 5.88 Å². The Morgan fingerprint density at radius 1 is 1.44 bits per heavy atom. The molecule has 84 valence electrons. The van der Waals surface area contributed by atoms with E-state index in [2.05, 4.69) is 21.0 Å². The van der Waals surface area contributed by atoms with Crippen LogP contribution in [-0.2, 0) is 7.05 Å². The SMILES string of the molecule is Cc1cnn(C)c1Oc1ccc(Br)cc1F. The first-order chi connectivity index (χ1) is 7.58. The van der Waals surface area contributed by atoms with Crippen molar-refractivity contribution in [1.82, 2.24) is 9.78 Å². The topological polar surface area (TPSA) is 27.1 Å². The molecule has 0 amide bonds. The first kappa shape index (κ1) is 11.1. The third-order valence-electron chi connectivity index (χ3n) is 2.16. The second-order valence-corrected chi connectivity index (χ2v) is 4.35. The summed E-state index contributed by atoms with van der Waals surface area (Å²) in [5.41, 5.74) is 0.866. The van der Waals surface area contributed by atoms with Crippen molar-refractivity contribution in [3.8, 4) is 11.6 Å². The van der Waals surface area contributed by atoms with E-state index in [1.54, 1.807) is 30.1 Å². The Bertz CT molecular complexity index is 505. The van der Waals surface area contributed by atoms with Crippen molar-refractivity contribution in [3.05, 3.63) is 40.2 Å². The van der Waals surface area contributed by atoms with Gasteiger partial charge in [-0.3, -0.25) is 0 Å². The van der Waals surface area contributed by atoms with Crippen LogP contribution in [0.15, 0.2) is 28.9 Å². The fraction of sp³-hybridized carbons (Fsp3) is 0.182. The molecule has 2 aromatic rings. The third kappa shape index (κ3) is 2.09. The van der Waals surface area contributed by atoms with E-state index >= 15 is 0 Å². The van der Waals surface area contributed by atoms with Gasteiger partial charge in [-0.05, 0) is 25.1 Å². The summed E-state index contributed by atoms with van der Waals surface area (Å²) in [5.74, 6) is 0.325. The van der Waals surface area contributed by atoms with Crippen LogP contribution in [-0.4, -0.2) is 9.78 Å². The van der Waals surface area contributed by atoms with E-state index in [0.29, 0.717) is 10.4 Å². The lowest BCUT2D eigenvalue weighted by Gasteiger charge is -2.07. The highest BCUT2D eigenvalue weighted by Crippen LogP contribution is 2.28. The highest BCUT2D eigenvalue weighted by Gasteiger charge is 2.10. The van der Waals surface area contributed by atoms with Crippen LogP contribution in [0, 0.1) is 12.7 Å². The first-order valence-electron chi connectivity index (χ1n) is 4.69. The van der Waals surface area contributed by atoms with Gasteiger partial charge in [-0.2, -0.15) is 5.10 Å². The maximum atomic E-state index is 13.5. The van der Waals surface area contributed by atoms with Gasteiger partial charge in [0.1, 0.15) is 0 Å². The van der Waals surface area contributed by atoms with Crippen molar-refractivity contribution in [1.29, 1.82) is 0 Å². The molecule has 3 nitrogen and oxygen atoms in total. The van der Waals surface area contributed by atoms with E-state index < -0.39 is 5.82 Å². The average Bonchev–Trinajstić information content (AvgIpc) is 2.53. The fourth-order valence-corrected chi connectivity index (χ4v) is 1.68. The number of aromatic nitrogens is 2. The summed E-state index contributed by atoms with van der Waals surface area (Å²) in [7, 11) is 1.75. The van der Waals surface area contributed by atoms with Crippen LogP contribution in [0.4, 0.5) is 4.39 Å². The summed E-state index contributed by atoms with van der Waals surface area (Å²) in [5, 5.41) is 4.02. The molecule has 0 aliphatic carbocycles. The molecule has 0 N–H and O–H groups in total. The van der Waals surface area contributed by atoms with Crippen LogP contribution in [0.2, 0.25) is 0 Å². The normalized spacial score (nSPS) is 10.5. The molecule has 1 aromatic heterocycles. The molecule has 0 radical (unpaired) electrons. The lowest BCUT2D eigenvalue weighted by Crippen LogP contribution is -1.97. The highest BCUT2D eigenvalue weighted by atomic mass is 79.9. The molecule has 0 aliphatic rings. The van der Waals surface area contributed by atoms with E-state index in [0.717, 1.165) is 5.56 Å². The lowest BCUT2D eigenvalue weighted by atomic mass is 10.3. The Morgan fingerprint density at radius 2 is 2.19 bits per heavy atom. The Labute approximate surface area is 101 Å². The summed E-state index contributed by atoms with van der Waals surface area (Å²) < 4.78 is 21.2. The lowest BCUT2D eigenvalue weighted by molar-refractivity contribution is 0.401. The van der Waals surface area contributed by atoms with Crippen LogP contribution in [0.3, 0.4) is 0 Å². The Kier molecular flexibility index (Phi) is 2.96. The van der Waals surface area contributed by atoms with E-state index in [1.807, 2.05) is 6.92 Å². The Morgan fingerprint density at radius 3 is 2.75 bits per heavy atom. The maximum absolute atomic E-state index is 13.5. The summed E-state index contributed by atoms with van der Waals surface area (Å²) in [6, 6.07) is 4.66. The van der Waals surface area contributed by atoms with Gasteiger partial charge in [-0.25, -0.2) is 9.07 Å². The van der Waals surface area contributed by atoms with Gasteiger partial charge in [-0.15, -0.1) is 0 Å². The second kappa shape index (κ2) is 4.25. The highest BCUT2D eigenvalue weighted by molar-refractivity contribution is 9.10. The summed E-state index contributed by atoms with van der Waals surface area (Å²) in [6.07, 6.45) is 1.67. The average molecular weight is 285 g/mol. The quantitative estimate of drug-likeness (QED) is 0.845. The number of hydrogen-bond donors (Lipinski definition) is 0. The van der Waals surface area contributed by atoms with Crippen molar-refractivity contribution in [3.63, 3.8) is 0 Å². The zero-order valence-electron chi connectivity index (χ0n) is 8.87. The van der Waals surface area contributed by atoms with Crippen molar-refractivity contribution in [2.24, 2.45) is 7.05 Å². The fourth-order valence-electron chi connectivity index (χ4n) is 1.34. The largest absolute Gasteiger partial charge is 0.436 e. The van der Waals surface area contributed by atoms with Crippen molar-refractivity contribution in [2.75, 3.05) is 0 Å². The summed E-state index contributed by atoms with van der Waals surface area (Å²) in [6.45, 7) is 1.86. The van der Waals surface area contributed by atoms with Gasteiger partial charge in [-0.1, -0.05) is 15.9 Å². The molecular formula is C11H10BrFN2O. The number of halogens is 2. The maximum Gasteiger partial charge on any atom is 0.220 e. The van der Waals surface area contributed by atoms with Crippen LogP contribution < -0.4 is 4.74 Å². The molecule has 0 saturated carbocycles. The van der Waals surface area contributed by atoms with Crippen LogP contribution in [0.1, 0.15) is 5.56 Å². The molecule has 0 aliphatic heterocycles. The molecule has 0 fully saturated rings. The van der Waals surface area contributed by atoms with Gasteiger partial charge in [0.15, 0.2) is 11.6 Å². The molecule has 2 rings (SSSR count). The zero-order valence-corrected chi connectivity index (χ0v) is 10.5. The van der Waals surface area contributed by atoms with Crippen molar-refractivity contribution in [2.45, 2.75) is 6.92 Å². The zero-order chi connectivity index (χ0) is 11.7. The minimum absolute atomic E-state index is 0.190. The number of hydrogen-bond acceptors (Lipinski definition) is 2. The third-order valence-corrected chi connectivity index (χ3v) is 2.65. The number of nitrogens with zero attached hydrogens (tertiary/aromatic N) is 2. The van der Waals surface area contributed by atoms with E-state index in [9.17, 15) is 4.39 Å². The minimum Gasteiger partial charge on any atom is -0.436 e. The second-order valence-electron chi connectivity index (χ2n) is 3.43. The molecule has 1 heterocycles. The Hall–Kier alpha value is -1.36. The predicted octanol–water partition coefficient (Wildman–Crippen LogP) is 3.42. The molecule has 5 heteroatoms. The monoisotopic (exact) mass is 284 g/mol. The molecule has 0 spiro atoms. The van der Waals surface area contributed by atoms with Crippen LogP contribution in [0.25, 0.3) is 0 Å². The van der Waals surface area contributed by atoms with E-state index in [1.165, 1.54) is 6.07 Å². The summed E-state index contributed by atoms with van der Waals surface area (Å²) >= 11 is 3.19. The number of ether oxygens (including phenoxy) is 1. The Balaban J connectivity index is 2.34. The predicted molar refractivity (Wildman–Crippen MR) is 62.1 cm³/mol. The molecule has 0 unspecified atom stereocenters. The molecule has 0 bridgehead atoms. The number of aryl methyl sites for hydroxylation is 2. The van der Waals surface area contributed by atoms with E-state index in [4.69, 9.17) is 4.74 Å². The van der Waals surface area contributed by atoms with Gasteiger partial charge >= 0.3 is 0 Å². The minimum atomic E-state index is -0.407. The van der Waals surface area contributed by atoms with Gasteiger partial charge < -0.3 is 4.74 Å². The molecule has 1 aromatic carbocycles.